The maximum absolute atomic E-state index is 13.9. The van der Waals surface area contributed by atoms with E-state index in [1.807, 2.05) is 32.0 Å². The standard InChI is InChI=1S/C26H28Cl2N2O4S/c1-16-6-9-24(34-5)23(12-16)29-25(31)15-30(14-20-7-8-21(27)22(28)13-20)35(32,33)26-18(3)10-17(2)11-19(26)4/h6-13H,14-15H2,1-5H3,(H,29,31). The monoisotopic (exact) mass is 534 g/mol. The zero-order chi connectivity index (χ0) is 25.9. The van der Waals surface area contributed by atoms with Crippen LogP contribution >= 0.6 is 23.2 Å². The number of anilines is 1. The SMILES string of the molecule is COc1ccc(C)cc1NC(=O)CN(Cc1ccc(Cl)c(Cl)c1)S(=O)(=O)c1c(C)cc(C)cc1C. The third kappa shape index (κ3) is 6.35. The van der Waals surface area contributed by atoms with Gasteiger partial charge in [0.05, 0.1) is 34.3 Å². The third-order valence-electron chi connectivity index (χ3n) is 5.49. The second-order valence-electron chi connectivity index (χ2n) is 8.50. The Labute approximate surface area is 216 Å². The molecule has 0 radical (unpaired) electrons. The normalized spacial score (nSPS) is 11.5. The molecule has 0 spiro atoms. The first kappa shape index (κ1) is 27.0. The first-order valence-corrected chi connectivity index (χ1v) is 13.1. The second-order valence-corrected chi connectivity index (χ2v) is 11.2. The number of hydrogen-bond acceptors (Lipinski definition) is 4. The maximum atomic E-state index is 13.9. The molecule has 0 aliphatic heterocycles. The van der Waals surface area contributed by atoms with E-state index < -0.39 is 22.5 Å². The van der Waals surface area contributed by atoms with Crippen LogP contribution in [0.25, 0.3) is 0 Å². The van der Waals surface area contributed by atoms with E-state index in [-0.39, 0.29) is 11.4 Å². The number of rotatable bonds is 8. The molecule has 3 aromatic carbocycles. The molecule has 3 aromatic rings. The highest BCUT2D eigenvalue weighted by atomic mass is 35.5. The summed E-state index contributed by atoms with van der Waals surface area (Å²) >= 11 is 12.2. The van der Waals surface area contributed by atoms with E-state index in [1.54, 1.807) is 44.2 Å². The molecule has 186 valence electrons. The van der Waals surface area contributed by atoms with Gasteiger partial charge in [0.15, 0.2) is 0 Å². The van der Waals surface area contributed by atoms with Crippen LogP contribution in [0.15, 0.2) is 53.4 Å². The number of sulfonamides is 1. The molecule has 0 unspecified atom stereocenters. The molecule has 0 heterocycles. The Morgan fingerprint density at radius 1 is 0.914 bits per heavy atom. The second kappa shape index (κ2) is 11.0. The number of methoxy groups -OCH3 is 1. The molecular weight excluding hydrogens is 507 g/mol. The van der Waals surface area contributed by atoms with Gasteiger partial charge in [-0.2, -0.15) is 4.31 Å². The maximum Gasteiger partial charge on any atom is 0.244 e. The van der Waals surface area contributed by atoms with Crippen molar-refractivity contribution in [3.8, 4) is 5.75 Å². The zero-order valence-corrected chi connectivity index (χ0v) is 22.6. The summed E-state index contributed by atoms with van der Waals surface area (Å²) in [5, 5.41) is 3.45. The van der Waals surface area contributed by atoms with Crippen LogP contribution in [0.3, 0.4) is 0 Å². The molecule has 9 heteroatoms. The van der Waals surface area contributed by atoms with E-state index in [0.29, 0.717) is 38.2 Å². The molecule has 0 atom stereocenters. The molecular formula is C26H28Cl2N2O4S. The van der Waals surface area contributed by atoms with Crippen LogP contribution in [0.1, 0.15) is 27.8 Å². The zero-order valence-electron chi connectivity index (χ0n) is 20.3. The fraction of sp³-hybridized carbons (Fsp3) is 0.269. The fourth-order valence-electron chi connectivity index (χ4n) is 4.04. The van der Waals surface area contributed by atoms with Crippen LogP contribution in [-0.2, 0) is 21.4 Å². The number of halogens is 2. The van der Waals surface area contributed by atoms with Crippen molar-refractivity contribution in [1.29, 1.82) is 0 Å². The lowest BCUT2D eigenvalue weighted by Crippen LogP contribution is -2.38. The molecule has 6 nitrogen and oxygen atoms in total. The van der Waals surface area contributed by atoms with Gasteiger partial charge in [0.1, 0.15) is 5.75 Å². The molecule has 0 bridgehead atoms. The van der Waals surface area contributed by atoms with E-state index in [4.69, 9.17) is 27.9 Å². The van der Waals surface area contributed by atoms with Gasteiger partial charge in [0.2, 0.25) is 15.9 Å². The van der Waals surface area contributed by atoms with Crippen molar-refractivity contribution < 1.29 is 17.9 Å². The summed E-state index contributed by atoms with van der Waals surface area (Å²) in [4.78, 5) is 13.3. The molecule has 0 fully saturated rings. The van der Waals surface area contributed by atoms with E-state index in [2.05, 4.69) is 5.32 Å². The van der Waals surface area contributed by atoms with Gasteiger partial charge in [0.25, 0.3) is 0 Å². The fourth-order valence-corrected chi connectivity index (χ4v) is 6.16. The number of aryl methyl sites for hydroxylation is 4. The average Bonchev–Trinajstić information content (AvgIpc) is 2.75. The van der Waals surface area contributed by atoms with Gasteiger partial charge in [-0.25, -0.2) is 8.42 Å². The minimum Gasteiger partial charge on any atom is -0.495 e. The van der Waals surface area contributed by atoms with Gasteiger partial charge >= 0.3 is 0 Å². The van der Waals surface area contributed by atoms with Crippen molar-refractivity contribution in [2.24, 2.45) is 0 Å². The van der Waals surface area contributed by atoms with Crippen LogP contribution in [0.5, 0.6) is 5.75 Å². The van der Waals surface area contributed by atoms with Gasteiger partial charge in [0, 0.05) is 6.54 Å². The Balaban J connectivity index is 2.01. The summed E-state index contributed by atoms with van der Waals surface area (Å²) in [6, 6.07) is 13.9. The highest BCUT2D eigenvalue weighted by molar-refractivity contribution is 7.89. The van der Waals surface area contributed by atoms with Gasteiger partial charge in [-0.3, -0.25) is 4.79 Å². The molecule has 0 aliphatic rings. The summed E-state index contributed by atoms with van der Waals surface area (Å²) < 4.78 is 34.2. The van der Waals surface area contributed by atoms with Crippen LogP contribution in [0.4, 0.5) is 5.69 Å². The third-order valence-corrected chi connectivity index (χ3v) is 8.33. The predicted molar refractivity (Wildman–Crippen MR) is 141 cm³/mol. The predicted octanol–water partition coefficient (Wildman–Crippen LogP) is 6.07. The van der Waals surface area contributed by atoms with Crippen molar-refractivity contribution in [2.75, 3.05) is 19.0 Å². The lowest BCUT2D eigenvalue weighted by Gasteiger charge is -2.24. The molecule has 3 rings (SSSR count). The van der Waals surface area contributed by atoms with Crippen molar-refractivity contribution in [1.82, 2.24) is 4.31 Å². The summed E-state index contributed by atoms with van der Waals surface area (Å²) in [7, 11) is -2.54. The number of benzene rings is 3. The van der Waals surface area contributed by atoms with E-state index in [9.17, 15) is 13.2 Å². The number of nitrogens with one attached hydrogen (secondary N) is 1. The molecule has 1 N–H and O–H groups in total. The lowest BCUT2D eigenvalue weighted by molar-refractivity contribution is -0.116. The quantitative estimate of drug-likeness (QED) is 0.380. The molecule has 0 saturated carbocycles. The van der Waals surface area contributed by atoms with E-state index in [0.717, 1.165) is 15.4 Å². The number of hydrogen-bond donors (Lipinski definition) is 1. The Morgan fingerprint density at radius 2 is 1.57 bits per heavy atom. The largest absolute Gasteiger partial charge is 0.495 e. The van der Waals surface area contributed by atoms with Crippen molar-refractivity contribution in [3.63, 3.8) is 0 Å². The topological polar surface area (TPSA) is 75.7 Å². The molecule has 0 saturated heterocycles. The van der Waals surface area contributed by atoms with Crippen LogP contribution in [0.2, 0.25) is 10.0 Å². The van der Waals surface area contributed by atoms with Crippen LogP contribution in [-0.4, -0.2) is 32.3 Å². The molecule has 0 aromatic heterocycles. The van der Waals surface area contributed by atoms with E-state index >= 15 is 0 Å². The highest BCUT2D eigenvalue weighted by Gasteiger charge is 2.30. The minimum atomic E-state index is -4.05. The minimum absolute atomic E-state index is 0.0651. The van der Waals surface area contributed by atoms with Crippen LogP contribution < -0.4 is 10.1 Å². The smallest absolute Gasteiger partial charge is 0.244 e. The molecule has 1 amide bonds. The first-order valence-electron chi connectivity index (χ1n) is 10.9. The first-order chi connectivity index (χ1) is 16.4. The average molecular weight is 535 g/mol. The number of amides is 1. The Morgan fingerprint density at radius 3 is 2.17 bits per heavy atom. The Bertz CT molecular complexity index is 1350. The van der Waals surface area contributed by atoms with Crippen LogP contribution in [0, 0.1) is 27.7 Å². The summed E-state index contributed by atoms with van der Waals surface area (Å²) in [5.41, 5.74) is 4.18. The summed E-state index contributed by atoms with van der Waals surface area (Å²) in [6.45, 7) is 6.83. The number of carbonyl (C=O) groups excluding carboxylic acids is 1. The Kier molecular flexibility index (Phi) is 8.49. The van der Waals surface area contributed by atoms with Crippen molar-refractivity contribution in [3.05, 3.63) is 86.4 Å². The van der Waals surface area contributed by atoms with E-state index in [1.165, 1.54) is 7.11 Å². The van der Waals surface area contributed by atoms with Crippen molar-refractivity contribution in [2.45, 2.75) is 39.1 Å². The summed E-state index contributed by atoms with van der Waals surface area (Å²) in [5.74, 6) is -0.0204. The van der Waals surface area contributed by atoms with Crippen molar-refractivity contribution >= 4 is 44.8 Å². The number of nitrogens with zero attached hydrogens (tertiary/aromatic N) is 1. The van der Waals surface area contributed by atoms with Gasteiger partial charge < -0.3 is 10.1 Å². The Hall–Kier alpha value is -2.58. The number of carbonyl (C=O) groups is 1. The molecule has 0 aliphatic carbocycles. The van der Waals surface area contributed by atoms with Gasteiger partial charge in [-0.15, -0.1) is 0 Å². The highest BCUT2D eigenvalue weighted by Crippen LogP contribution is 2.29. The number of ether oxygens (including phenoxy) is 1. The van der Waals surface area contributed by atoms with Gasteiger partial charge in [-0.05, 0) is 74.2 Å². The van der Waals surface area contributed by atoms with Gasteiger partial charge in [-0.1, -0.05) is 53.0 Å². The lowest BCUT2D eigenvalue weighted by atomic mass is 10.1. The summed E-state index contributed by atoms with van der Waals surface area (Å²) in [6.07, 6.45) is 0. The molecule has 35 heavy (non-hydrogen) atoms.